The predicted molar refractivity (Wildman–Crippen MR) is 61.6 cm³/mol. The topological polar surface area (TPSA) is 102 Å². The normalized spacial score (nSPS) is 10.1. The number of hydrogen-bond donors (Lipinski definition) is 3. The first-order valence-electron chi connectivity index (χ1n) is 5.13. The van der Waals surface area contributed by atoms with Crippen molar-refractivity contribution in [3.05, 3.63) is 29.6 Å². The smallest absolute Gasteiger partial charge is 0.329 e. The molecule has 0 fully saturated rings. The second-order valence-electron chi connectivity index (χ2n) is 3.44. The highest BCUT2D eigenvalue weighted by Crippen LogP contribution is 2.11. The van der Waals surface area contributed by atoms with Crippen LogP contribution in [-0.4, -0.2) is 36.7 Å². The molecule has 0 saturated carbocycles. The van der Waals surface area contributed by atoms with Crippen LogP contribution in [0.1, 0.15) is 10.4 Å². The third-order valence-corrected chi connectivity index (χ3v) is 2.02. The van der Waals surface area contributed by atoms with Crippen LogP contribution in [0.5, 0.6) is 0 Å². The molecule has 0 aliphatic carbocycles. The van der Waals surface area contributed by atoms with Gasteiger partial charge in [0, 0.05) is 12.1 Å². The van der Waals surface area contributed by atoms with Crippen molar-refractivity contribution in [3.8, 4) is 0 Å². The summed E-state index contributed by atoms with van der Waals surface area (Å²) in [7, 11) is 0. The number of anilines is 1. The molecular formula is C11H13FN2O4. The zero-order valence-electron chi connectivity index (χ0n) is 9.48. The number of halogens is 1. The van der Waals surface area contributed by atoms with Gasteiger partial charge in [-0.3, -0.25) is 4.79 Å². The Hall–Kier alpha value is -2.15. The molecule has 0 aliphatic rings. The van der Waals surface area contributed by atoms with Gasteiger partial charge in [0.2, 0.25) is 0 Å². The van der Waals surface area contributed by atoms with Crippen molar-refractivity contribution in [3.63, 3.8) is 0 Å². The fraction of sp³-hybridized carbons (Fsp3) is 0.273. The number of carbonyl (C=O) groups is 2. The molecule has 1 rings (SSSR count). The highest BCUT2D eigenvalue weighted by atomic mass is 19.1. The van der Waals surface area contributed by atoms with E-state index in [0.29, 0.717) is 0 Å². The summed E-state index contributed by atoms with van der Waals surface area (Å²) in [6, 6.07) is 3.72. The highest BCUT2D eigenvalue weighted by Gasteiger charge is 2.07. The molecular weight excluding hydrogens is 243 g/mol. The number of nitrogen functional groups attached to an aromatic ring is 1. The molecule has 0 spiro atoms. The van der Waals surface area contributed by atoms with Gasteiger partial charge in [0.1, 0.15) is 12.4 Å². The van der Waals surface area contributed by atoms with Crippen LogP contribution in [0.25, 0.3) is 0 Å². The largest absolute Gasteiger partial charge is 0.480 e. The molecule has 1 amide bonds. The Morgan fingerprint density at radius 1 is 1.44 bits per heavy atom. The third-order valence-electron chi connectivity index (χ3n) is 2.02. The molecule has 1 aromatic rings. The number of amides is 1. The number of nitrogens with one attached hydrogen (secondary N) is 1. The minimum absolute atomic E-state index is 0.0312. The second kappa shape index (κ2) is 6.55. The number of carbonyl (C=O) groups excluding carboxylic acids is 1. The van der Waals surface area contributed by atoms with Crippen molar-refractivity contribution in [2.24, 2.45) is 0 Å². The molecule has 0 aromatic heterocycles. The van der Waals surface area contributed by atoms with Crippen molar-refractivity contribution < 1.29 is 23.8 Å². The summed E-state index contributed by atoms with van der Waals surface area (Å²) < 4.78 is 17.8. The van der Waals surface area contributed by atoms with Gasteiger partial charge in [0.05, 0.1) is 12.3 Å². The average molecular weight is 256 g/mol. The second-order valence-corrected chi connectivity index (χ2v) is 3.44. The van der Waals surface area contributed by atoms with Gasteiger partial charge in [-0.25, -0.2) is 9.18 Å². The van der Waals surface area contributed by atoms with E-state index in [1.54, 1.807) is 0 Å². The number of carboxylic acid groups (broad SMARTS) is 1. The molecule has 4 N–H and O–H groups in total. The van der Waals surface area contributed by atoms with Crippen LogP contribution in [0.15, 0.2) is 18.2 Å². The molecule has 6 nitrogen and oxygen atoms in total. The van der Waals surface area contributed by atoms with Crippen LogP contribution >= 0.6 is 0 Å². The van der Waals surface area contributed by atoms with Crippen molar-refractivity contribution in [1.29, 1.82) is 0 Å². The zero-order chi connectivity index (χ0) is 13.5. The maximum absolute atomic E-state index is 13.1. The van der Waals surface area contributed by atoms with Gasteiger partial charge in [0.25, 0.3) is 5.91 Å². The summed E-state index contributed by atoms with van der Waals surface area (Å²) in [5.41, 5.74) is 5.38. The van der Waals surface area contributed by atoms with Gasteiger partial charge in [0.15, 0.2) is 0 Å². The van der Waals surface area contributed by atoms with Crippen LogP contribution < -0.4 is 11.1 Å². The maximum atomic E-state index is 13.1. The molecule has 0 aliphatic heterocycles. The Kier molecular flexibility index (Phi) is 5.06. The maximum Gasteiger partial charge on any atom is 0.329 e. The molecule has 0 unspecified atom stereocenters. The third kappa shape index (κ3) is 4.38. The average Bonchev–Trinajstić information content (AvgIpc) is 2.31. The molecule has 0 heterocycles. The summed E-state index contributed by atoms with van der Waals surface area (Å²) in [4.78, 5) is 21.6. The lowest BCUT2D eigenvalue weighted by Gasteiger charge is -2.06. The van der Waals surface area contributed by atoms with Crippen LogP contribution in [0.4, 0.5) is 10.1 Å². The van der Waals surface area contributed by atoms with Gasteiger partial charge in [-0.15, -0.1) is 0 Å². The van der Waals surface area contributed by atoms with Crippen LogP contribution in [0.3, 0.4) is 0 Å². The van der Waals surface area contributed by atoms with E-state index in [2.05, 4.69) is 5.32 Å². The lowest BCUT2D eigenvalue weighted by atomic mass is 10.2. The predicted octanol–water partition coefficient (Wildman–Crippen LogP) is 0.239. The molecule has 0 bridgehead atoms. The quantitative estimate of drug-likeness (QED) is 0.500. The highest BCUT2D eigenvalue weighted by molar-refractivity contribution is 5.94. The number of benzene rings is 1. The Balaban J connectivity index is 2.36. The van der Waals surface area contributed by atoms with Crippen molar-refractivity contribution in [2.45, 2.75) is 0 Å². The molecule has 1 aromatic carbocycles. The van der Waals surface area contributed by atoms with E-state index < -0.39 is 24.3 Å². The molecule has 0 saturated heterocycles. The number of ether oxygens (including phenoxy) is 1. The minimum Gasteiger partial charge on any atom is -0.480 e. The standard InChI is InChI=1S/C11H13FN2O4/c12-8-5-7(1-2-9(8)13)11(17)14-3-4-18-6-10(15)16/h1-2,5H,3-4,6,13H2,(H,14,17)(H,15,16). The van der Waals surface area contributed by atoms with E-state index in [-0.39, 0.29) is 24.4 Å². The van der Waals surface area contributed by atoms with Gasteiger partial charge in [-0.2, -0.15) is 0 Å². The van der Waals surface area contributed by atoms with E-state index in [1.807, 2.05) is 0 Å². The molecule has 0 atom stereocenters. The molecule has 0 radical (unpaired) electrons. The van der Waals surface area contributed by atoms with Gasteiger partial charge >= 0.3 is 5.97 Å². The first kappa shape index (κ1) is 13.9. The Labute approximate surface area is 103 Å². The summed E-state index contributed by atoms with van der Waals surface area (Å²) in [5.74, 6) is -2.22. The summed E-state index contributed by atoms with van der Waals surface area (Å²) in [5, 5.41) is 10.7. The SMILES string of the molecule is Nc1ccc(C(=O)NCCOCC(=O)O)cc1F. The van der Waals surface area contributed by atoms with Crippen LogP contribution in [0, 0.1) is 5.82 Å². The van der Waals surface area contributed by atoms with E-state index in [0.717, 1.165) is 6.07 Å². The first-order chi connectivity index (χ1) is 8.50. The summed E-state index contributed by atoms with van der Waals surface area (Å²) in [6.07, 6.45) is 0. The number of nitrogens with two attached hydrogens (primary N) is 1. The lowest BCUT2D eigenvalue weighted by molar-refractivity contribution is -0.142. The number of rotatable bonds is 6. The number of hydrogen-bond acceptors (Lipinski definition) is 4. The van der Waals surface area contributed by atoms with Crippen LogP contribution in [-0.2, 0) is 9.53 Å². The molecule has 7 heteroatoms. The Morgan fingerprint density at radius 3 is 2.78 bits per heavy atom. The minimum atomic E-state index is -1.08. The van der Waals surface area contributed by atoms with Gasteiger partial charge < -0.3 is 20.9 Å². The van der Waals surface area contributed by atoms with Crippen molar-refractivity contribution in [2.75, 3.05) is 25.5 Å². The number of carboxylic acids is 1. The van der Waals surface area contributed by atoms with E-state index >= 15 is 0 Å². The van der Waals surface area contributed by atoms with E-state index in [1.165, 1.54) is 12.1 Å². The lowest BCUT2D eigenvalue weighted by Crippen LogP contribution is -2.28. The Morgan fingerprint density at radius 2 is 2.17 bits per heavy atom. The fourth-order valence-electron chi connectivity index (χ4n) is 1.17. The van der Waals surface area contributed by atoms with Crippen molar-refractivity contribution in [1.82, 2.24) is 5.32 Å². The van der Waals surface area contributed by atoms with Crippen molar-refractivity contribution >= 4 is 17.6 Å². The fourth-order valence-corrected chi connectivity index (χ4v) is 1.17. The zero-order valence-corrected chi connectivity index (χ0v) is 9.48. The number of aliphatic carboxylic acids is 1. The summed E-state index contributed by atoms with van der Waals surface area (Å²) >= 11 is 0. The summed E-state index contributed by atoms with van der Waals surface area (Å²) in [6.45, 7) is -0.222. The monoisotopic (exact) mass is 256 g/mol. The molecule has 18 heavy (non-hydrogen) atoms. The van der Waals surface area contributed by atoms with E-state index in [4.69, 9.17) is 15.6 Å². The molecule has 98 valence electrons. The van der Waals surface area contributed by atoms with Gasteiger partial charge in [-0.05, 0) is 18.2 Å². The van der Waals surface area contributed by atoms with Gasteiger partial charge in [-0.1, -0.05) is 0 Å². The Bertz CT molecular complexity index is 451. The van der Waals surface area contributed by atoms with Crippen LogP contribution in [0.2, 0.25) is 0 Å². The van der Waals surface area contributed by atoms with E-state index in [9.17, 15) is 14.0 Å². The first-order valence-corrected chi connectivity index (χ1v) is 5.13.